The highest BCUT2D eigenvalue weighted by Crippen LogP contribution is 2.28. The summed E-state index contributed by atoms with van der Waals surface area (Å²) in [6, 6.07) is 18.2. The molecule has 2 amide bonds. The number of hydrogen-bond acceptors (Lipinski definition) is 4. The van der Waals surface area contributed by atoms with Crippen molar-refractivity contribution in [3.05, 3.63) is 71.8 Å². The van der Waals surface area contributed by atoms with Gasteiger partial charge in [-0.2, -0.15) is 0 Å². The first-order chi connectivity index (χ1) is 14.0. The first kappa shape index (κ1) is 20.8. The second kappa shape index (κ2) is 9.54. The predicted molar refractivity (Wildman–Crippen MR) is 107 cm³/mol. The molecule has 1 aliphatic rings. The number of ether oxygens (including phenoxy) is 1. The van der Waals surface area contributed by atoms with Gasteiger partial charge < -0.3 is 25.2 Å². The fourth-order valence-electron chi connectivity index (χ4n) is 3.36. The van der Waals surface area contributed by atoms with E-state index in [0.717, 1.165) is 5.56 Å². The van der Waals surface area contributed by atoms with Gasteiger partial charge in [0.1, 0.15) is 5.41 Å². The summed E-state index contributed by atoms with van der Waals surface area (Å²) in [5, 5.41) is 22.9. The number of urea groups is 1. The zero-order valence-electron chi connectivity index (χ0n) is 16.2. The fourth-order valence-corrected chi connectivity index (χ4v) is 3.36. The van der Waals surface area contributed by atoms with Gasteiger partial charge in [0.25, 0.3) is 0 Å². The van der Waals surface area contributed by atoms with E-state index in [9.17, 15) is 19.8 Å². The zero-order chi connectivity index (χ0) is 20.7. The molecule has 0 bridgehead atoms. The van der Waals surface area contributed by atoms with Crippen molar-refractivity contribution in [2.75, 3.05) is 26.3 Å². The summed E-state index contributed by atoms with van der Waals surface area (Å²) in [5.41, 5.74) is 0.524. The molecule has 2 unspecified atom stereocenters. The lowest BCUT2D eigenvalue weighted by molar-refractivity contribution is -0.148. The molecule has 2 aromatic rings. The average Bonchev–Trinajstić information content (AvgIpc) is 3.23. The monoisotopic (exact) mass is 398 g/mol. The maximum Gasteiger partial charge on any atom is 0.317 e. The van der Waals surface area contributed by atoms with Gasteiger partial charge >= 0.3 is 12.0 Å². The van der Waals surface area contributed by atoms with Gasteiger partial charge in [-0.05, 0) is 17.5 Å². The van der Waals surface area contributed by atoms with E-state index in [-0.39, 0.29) is 19.7 Å². The third-order valence-corrected chi connectivity index (χ3v) is 5.22. The minimum absolute atomic E-state index is 0.0200. The van der Waals surface area contributed by atoms with Crippen molar-refractivity contribution in [3.8, 4) is 0 Å². The predicted octanol–water partition coefficient (Wildman–Crippen LogP) is 2.42. The third kappa shape index (κ3) is 5.34. The van der Waals surface area contributed by atoms with Crippen molar-refractivity contribution in [1.29, 1.82) is 0 Å². The Morgan fingerprint density at radius 1 is 1.10 bits per heavy atom. The van der Waals surface area contributed by atoms with Crippen LogP contribution in [-0.4, -0.2) is 53.4 Å². The van der Waals surface area contributed by atoms with Crippen LogP contribution in [0.4, 0.5) is 4.79 Å². The minimum atomic E-state index is -1.11. The molecule has 2 atom stereocenters. The van der Waals surface area contributed by atoms with Gasteiger partial charge in [0, 0.05) is 19.7 Å². The first-order valence-corrected chi connectivity index (χ1v) is 9.61. The lowest BCUT2D eigenvalue weighted by Gasteiger charge is -2.28. The Labute approximate surface area is 169 Å². The molecule has 0 radical (unpaired) electrons. The number of aliphatic hydroxyl groups excluding tert-OH is 1. The van der Waals surface area contributed by atoms with E-state index in [0.29, 0.717) is 25.1 Å². The SMILES string of the molecule is O=C(NCC1(C(=O)O)CCOC1)N(Cc1ccccc1)CC(O)c1ccccc1. The molecule has 0 aromatic heterocycles. The smallest absolute Gasteiger partial charge is 0.317 e. The van der Waals surface area contributed by atoms with E-state index in [1.165, 1.54) is 4.90 Å². The van der Waals surface area contributed by atoms with Crippen LogP contribution in [0.2, 0.25) is 0 Å². The number of benzene rings is 2. The molecule has 1 heterocycles. The highest BCUT2D eigenvalue weighted by Gasteiger charge is 2.43. The van der Waals surface area contributed by atoms with Crippen molar-refractivity contribution >= 4 is 12.0 Å². The fraction of sp³-hybridized carbons (Fsp3) is 0.364. The van der Waals surface area contributed by atoms with E-state index in [4.69, 9.17) is 4.74 Å². The van der Waals surface area contributed by atoms with Crippen LogP contribution in [0.25, 0.3) is 0 Å². The topological polar surface area (TPSA) is 99.1 Å². The Hall–Kier alpha value is -2.90. The van der Waals surface area contributed by atoms with Crippen LogP contribution in [0.15, 0.2) is 60.7 Å². The lowest BCUT2D eigenvalue weighted by Crippen LogP contribution is -2.48. The van der Waals surface area contributed by atoms with Crippen molar-refractivity contribution in [2.24, 2.45) is 5.41 Å². The summed E-state index contributed by atoms with van der Waals surface area (Å²) in [7, 11) is 0. The maximum absolute atomic E-state index is 12.9. The molecule has 7 nitrogen and oxygen atoms in total. The number of aliphatic carboxylic acids is 1. The lowest BCUT2D eigenvalue weighted by atomic mass is 9.87. The average molecular weight is 398 g/mol. The van der Waals surface area contributed by atoms with Gasteiger partial charge in [-0.25, -0.2) is 4.79 Å². The van der Waals surface area contributed by atoms with Gasteiger partial charge in [-0.1, -0.05) is 60.7 Å². The van der Waals surface area contributed by atoms with Crippen LogP contribution in [0.5, 0.6) is 0 Å². The van der Waals surface area contributed by atoms with E-state index in [1.54, 1.807) is 12.1 Å². The van der Waals surface area contributed by atoms with Gasteiger partial charge in [0.05, 0.1) is 19.3 Å². The van der Waals surface area contributed by atoms with Crippen LogP contribution in [0.3, 0.4) is 0 Å². The second-order valence-corrected chi connectivity index (χ2v) is 7.34. The molecular formula is C22H26N2O5. The molecule has 3 N–H and O–H groups in total. The van der Waals surface area contributed by atoms with Crippen molar-refractivity contribution < 1.29 is 24.5 Å². The van der Waals surface area contributed by atoms with Gasteiger partial charge in [-0.3, -0.25) is 4.79 Å². The highest BCUT2D eigenvalue weighted by molar-refractivity contribution is 5.78. The molecule has 0 saturated carbocycles. The molecule has 7 heteroatoms. The second-order valence-electron chi connectivity index (χ2n) is 7.34. The molecule has 1 fully saturated rings. The zero-order valence-corrected chi connectivity index (χ0v) is 16.2. The number of nitrogens with zero attached hydrogens (tertiary/aromatic N) is 1. The summed E-state index contributed by atoms with van der Waals surface area (Å²) in [4.78, 5) is 26.1. The van der Waals surface area contributed by atoms with Crippen LogP contribution >= 0.6 is 0 Å². The molecule has 154 valence electrons. The number of amides is 2. The number of aliphatic hydroxyl groups is 1. The van der Waals surface area contributed by atoms with E-state index < -0.39 is 23.5 Å². The highest BCUT2D eigenvalue weighted by atomic mass is 16.5. The van der Waals surface area contributed by atoms with Gasteiger partial charge in [0.15, 0.2) is 0 Å². The molecule has 1 saturated heterocycles. The van der Waals surface area contributed by atoms with Crippen LogP contribution in [0.1, 0.15) is 23.7 Å². The molecule has 3 rings (SSSR count). The summed E-state index contributed by atoms with van der Waals surface area (Å²) >= 11 is 0. The quantitative estimate of drug-likeness (QED) is 0.634. The summed E-state index contributed by atoms with van der Waals surface area (Å²) in [6.07, 6.45) is -0.498. The molecule has 29 heavy (non-hydrogen) atoms. The number of carboxylic acid groups (broad SMARTS) is 1. The Morgan fingerprint density at radius 3 is 2.34 bits per heavy atom. The number of carbonyl (C=O) groups is 2. The van der Waals surface area contributed by atoms with Gasteiger partial charge in [-0.15, -0.1) is 0 Å². The third-order valence-electron chi connectivity index (χ3n) is 5.22. The normalized spacial score (nSPS) is 19.5. The molecule has 2 aromatic carbocycles. The standard InChI is InChI=1S/C22H26N2O5/c25-19(18-9-5-2-6-10-18)14-24(13-17-7-3-1-4-8-17)21(28)23-15-22(20(26)27)11-12-29-16-22/h1-10,19,25H,11-16H2,(H,23,28)(H,26,27). The van der Waals surface area contributed by atoms with Crippen molar-refractivity contribution in [3.63, 3.8) is 0 Å². The summed E-state index contributed by atoms with van der Waals surface area (Å²) < 4.78 is 5.25. The van der Waals surface area contributed by atoms with Crippen molar-refractivity contribution in [1.82, 2.24) is 10.2 Å². The molecule has 0 aliphatic carbocycles. The molecule has 0 spiro atoms. The number of carboxylic acids is 1. The Kier molecular flexibility index (Phi) is 6.85. The first-order valence-electron chi connectivity index (χ1n) is 9.61. The molecular weight excluding hydrogens is 372 g/mol. The maximum atomic E-state index is 12.9. The van der Waals surface area contributed by atoms with E-state index in [2.05, 4.69) is 5.32 Å². The van der Waals surface area contributed by atoms with Crippen LogP contribution in [-0.2, 0) is 16.1 Å². The Balaban J connectivity index is 1.71. The van der Waals surface area contributed by atoms with Crippen LogP contribution in [0, 0.1) is 5.41 Å². The minimum Gasteiger partial charge on any atom is -0.481 e. The Morgan fingerprint density at radius 2 is 1.76 bits per heavy atom. The number of hydrogen-bond donors (Lipinski definition) is 3. The molecule has 1 aliphatic heterocycles. The Bertz CT molecular complexity index is 806. The largest absolute Gasteiger partial charge is 0.481 e. The summed E-state index contributed by atoms with van der Waals surface area (Å²) in [5.74, 6) is -0.978. The van der Waals surface area contributed by atoms with Crippen LogP contribution < -0.4 is 5.32 Å². The number of rotatable bonds is 8. The van der Waals surface area contributed by atoms with Gasteiger partial charge in [0.2, 0.25) is 0 Å². The summed E-state index contributed by atoms with van der Waals surface area (Å²) in [6.45, 7) is 0.804. The number of carbonyl (C=O) groups excluding carboxylic acids is 1. The number of nitrogens with one attached hydrogen (secondary N) is 1. The van der Waals surface area contributed by atoms with Crippen molar-refractivity contribution in [2.45, 2.75) is 19.1 Å². The van der Waals surface area contributed by atoms with E-state index in [1.807, 2.05) is 48.5 Å². The van der Waals surface area contributed by atoms with E-state index >= 15 is 0 Å².